The van der Waals surface area contributed by atoms with E-state index in [1.54, 1.807) is 7.11 Å². The van der Waals surface area contributed by atoms with Crippen LogP contribution >= 0.6 is 11.3 Å². The number of hydrogen-bond donors (Lipinski definition) is 2. The van der Waals surface area contributed by atoms with Gasteiger partial charge in [-0.25, -0.2) is 4.98 Å². The Morgan fingerprint density at radius 2 is 2.11 bits per heavy atom. The first-order valence-corrected chi connectivity index (χ1v) is 10.4. The Kier molecular flexibility index (Phi) is 5.16. The third kappa shape index (κ3) is 3.72. The molecular formula is C21H25N3O2S. The summed E-state index contributed by atoms with van der Waals surface area (Å²) in [5.41, 5.74) is 2.40. The minimum Gasteiger partial charge on any atom is -0.510 e. The number of hydrogen-bond acceptors (Lipinski definition) is 5. The lowest BCUT2D eigenvalue weighted by atomic mass is 9.89. The molecule has 1 aliphatic carbocycles. The second-order valence-corrected chi connectivity index (χ2v) is 8.18. The number of aliphatic hydroxyl groups is 1. The molecule has 0 bridgehead atoms. The largest absolute Gasteiger partial charge is 0.510 e. The number of nitrogens with one attached hydrogen (secondary N) is 1. The van der Waals surface area contributed by atoms with E-state index in [9.17, 15) is 5.11 Å². The lowest BCUT2D eigenvalue weighted by Gasteiger charge is -2.28. The number of amidine groups is 1. The van der Waals surface area contributed by atoms with E-state index in [2.05, 4.69) is 0 Å². The molecule has 0 amide bonds. The summed E-state index contributed by atoms with van der Waals surface area (Å²) in [4.78, 5) is 6.70. The molecule has 27 heavy (non-hydrogen) atoms. The predicted molar refractivity (Wildman–Crippen MR) is 110 cm³/mol. The number of benzene rings is 1. The van der Waals surface area contributed by atoms with E-state index >= 15 is 0 Å². The van der Waals surface area contributed by atoms with E-state index in [0.29, 0.717) is 28.9 Å². The van der Waals surface area contributed by atoms with Crippen molar-refractivity contribution in [2.75, 3.05) is 20.2 Å². The zero-order chi connectivity index (χ0) is 18.8. The predicted octanol–water partition coefficient (Wildman–Crippen LogP) is 4.96. The van der Waals surface area contributed by atoms with Crippen LogP contribution in [0, 0.1) is 11.3 Å². The number of thiazole rings is 1. The van der Waals surface area contributed by atoms with Crippen LogP contribution in [0.5, 0.6) is 5.75 Å². The van der Waals surface area contributed by atoms with Crippen molar-refractivity contribution in [3.05, 3.63) is 40.4 Å². The van der Waals surface area contributed by atoms with Crippen LogP contribution in [-0.4, -0.2) is 41.0 Å². The maximum Gasteiger partial charge on any atom is 0.135 e. The molecule has 0 saturated heterocycles. The van der Waals surface area contributed by atoms with Crippen molar-refractivity contribution in [2.24, 2.45) is 5.92 Å². The Balaban J connectivity index is 1.52. The molecule has 0 atom stereocenters. The Morgan fingerprint density at radius 1 is 1.30 bits per heavy atom. The summed E-state index contributed by atoms with van der Waals surface area (Å²) in [7, 11) is 1.65. The summed E-state index contributed by atoms with van der Waals surface area (Å²) in [6, 6.07) is 7.78. The molecule has 4 rings (SSSR count). The summed E-state index contributed by atoms with van der Waals surface area (Å²) >= 11 is 1.47. The molecule has 2 aromatic rings. The van der Waals surface area contributed by atoms with Crippen molar-refractivity contribution >= 4 is 22.7 Å². The Morgan fingerprint density at radius 3 is 2.89 bits per heavy atom. The van der Waals surface area contributed by atoms with Gasteiger partial charge >= 0.3 is 0 Å². The number of methoxy groups -OCH3 is 1. The molecule has 1 aromatic carbocycles. The minimum atomic E-state index is 0.266. The molecular weight excluding hydrogens is 358 g/mol. The van der Waals surface area contributed by atoms with Crippen molar-refractivity contribution in [3.63, 3.8) is 0 Å². The maximum atomic E-state index is 10.5. The molecule has 2 N–H and O–H groups in total. The van der Waals surface area contributed by atoms with E-state index in [-0.39, 0.29) is 5.76 Å². The number of nitrogens with zero attached hydrogens (tertiary/aromatic N) is 2. The normalized spacial score (nSPS) is 18.4. The average Bonchev–Trinajstić information content (AvgIpc) is 3.27. The number of aromatic nitrogens is 1. The second-order valence-electron chi connectivity index (χ2n) is 7.32. The van der Waals surface area contributed by atoms with Gasteiger partial charge in [0, 0.05) is 17.5 Å². The van der Waals surface area contributed by atoms with Crippen molar-refractivity contribution in [2.45, 2.75) is 32.1 Å². The molecule has 0 spiro atoms. The molecule has 142 valence electrons. The van der Waals surface area contributed by atoms with Gasteiger partial charge in [0.25, 0.3) is 0 Å². The standard InChI is InChI=1S/C21H25N3O2S/c1-26-16-9-5-8-15(10-16)17-13-27-21(23-17)19-18(25)12-24(20(19)22)11-14-6-3-2-4-7-14/h5,8-10,13-14,22,25H,2-4,6-7,11-12H2,1H3. The van der Waals surface area contributed by atoms with Crippen molar-refractivity contribution in [3.8, 4) is 17.0 Å². The van der Waals surface area contributed by atoms with Gasteiger partial charge in [-0.05, 0) is 30.9 Å². The van der Waals surface area contributed by atoms with Crippen molar-refractivity contribution in [1.82, 2.24) is 9.88 Å². The first-order valence-electron chi connectivity index (χ1n) is 9.52. The fourth-order valence-electron chi connectivity index (χ4n) is 4.00. The van der Waals surface area contributed by atoms with Gasteiger partial charge in [-0.2, -0.15) is 0 Å². The molecule has 0 radical (unpaired) electrons. The molecule has 2 heterocycles. The molecule has 0 unspecified atom stereocenters. The highest BCUT2D eigenvalue weighted by atomic mass is 32.1. The number of aliphatic hydroxyl groups excluding tert-OH is 1. The fourth-order valence-corrected chi connectivity index (χ4v) is 4.89. The lowest BCUT2D eigenvalue weighted by molar-refractivity contribution is 0.268. The lowest BCUT2D eigenvalue weighted by Crippen LogP contribution is -2.32. The van der Waals surface area contributed by atoms with Gasteiger partial charge in [0.15, 0.2) is 0 Å². The molecule has 5 nitrogen and oxygen atoms in total. The van der Waals surface area contributed by atoms with Gasteiger partial charge in [-0.15, -0.1) is 11.3 Å². The van der Waals surface area contributed by atoms with Crippen LogP contribution < -0.4 is 4.74 Å². The van der Waals surface area contributed by atoms with Gasteiger partial charge in [-0.3, -0.25) is 5.41 Å². The molecule has 1 saturated carbocycles. The van der Waals surface area contributed by atoms with Gasteiger partial charge in [-0.1, -0.05) is 31.4 Å². The number of rotatable bonds is 5. The van der Waals surface area contributed by atoms with Gasteiger partial charge in [0.2, 0.25) is 0 Å². The fraction of sp³-hybridized carbons (Fsp3) is 0.429. The third-order valence-corrected chi connectivity index (χ3v) is 6.33. The zero-order valence-electron chi connectivity index (χ0n) is 15.6. The van der Waals surface area contributed by atoms with E-state index in [0.717, 1.165) is 23.6 Å². The van der Waals surface area contributed by atoms with Crippen LogP contribution in [0.3, 0.4) is 0 Å². The van der Waals surface area contributed by atoms with E-state index in [1.807, 2.05) is 34.5 Å². The Labute approximate surface area is 163 Å². The smallest absolute Gasteiger partial charge is 0.135 e. The van der Waals surface area contributed by atoms with Crippen molar-refractivity contribution < 1.29 is 9.84 Å². The zero-order valence-corrected chi connectivity index (χ0v) is 16.4. The molecule has 2 aliphatic rings. The first-order chi connectivity index (χ1) is 13.2. The van der Waals surface area contributed by atoms with E-state index in [4.69, 9.17) is 15.1 Å². The summed E-state index contributed by atoms with van der Waals surface area (Å²) in [5, 5.41) is 21.8. The summed E-state index contributed by atoms with van der Waals surface area (Å²) in [6.07, 6.45) is 6.37. The van der Waals surface area contributed by atoms with E-state index in [1.165, 1.54) is 43.4 Å². The Bertz CT molecular complexity index is 868. The molecule has 1 aliphatic heterocycles. The van der Waals surface area contributed by atoms with Gasteiger partial charge in [0.05, 0.1) is 24.9 Å². The van der Waals surface area contributed by atoms with Crippen LogP contribution in [-0.2, 0) is 0 Å². The minimum absolute atomic E-state index is 0.266. The summed E-state index contributed by atoms with van der Waals surface area (Å²) < 4.78 is 5.29. The molecule has 1 aromatic heterocycles. The summed E-state index contributed by atoms with van der Waals surface area (Å²) in [5.74, 6) is 2.10. The van der Waals surface area contributed by atoms with Crippen LogP contribution in [0.2, 0.25) is 0 Å². The highest BCUT2D eigenvalue weighted by Gasteiger charge is 2.31. The van der Waals surface area contributed by atoms with Gasteiger partial charge in [0.1, 0.15) is 22.4 Å². The average molecular weight is 384 g/mol. The van der Waals surface area contributed by atoms with Crippen LogP contribution in [0.4, 0.5) is 0 Å². The van der Waals surface area contributed by atoms with Gasteiger partial charge < -0.3 is 14.7 Å². The van der Waals surface area contributed by atoms with Crippen LogP contribution in [0.15, 0.2) is 35.4 Å². The van der Waals surface area contributed by atoms with Crippen LogP contribution in [0.25, 0.3) is 16.8 Å². The summed E-state index contributed by atoms with van der Waals surface area (Å²) in [6.45, 7) is 1.29. The monoisotopic (exact) mass is 383 g/mol. The third-order valence-electron chi connectivity index (χ3n) is 5.47. The maximum absolute atomic E-state index is 10.5. The SMILES string of the molecule is COc1cccc(-c2csc(C3=C(O)CN(CC4CCCCC4)C3=N)n2)c1. The highest BCUT2D eigenvalue weighted by Crippen LogP contribution is 2.34. The quantitative estimate of drug-likeness (QED) is 0.765. The molecule has 6 heteroatoms. The Hall–Kier alpha value is -2.34. The highest BCUT2D eigenvalue weighted by molar-refractivity contribution is 7.11. The van der Waals surface area contributed by atoms with E-state index < -0.39 is 0 Å². The topological polar surface area (TPSA) is 69.4 Å². The van der Waals surface area contributed by atoms with Crippen molar-refractivity contribution in [1.29, 1.82) is 5.41 Å². The second kappa shape index (κ2) is 7.72. The molecule has 1 fully saturated rings. The van der Waals surface area contributed by atoms with Crippen LogP contribution in [0.1, 0.15) is 37.1 Å². The number of ether oxygens (including phenoxy) is 1. The first kappa shape index (κ1) is 18.0.